The summed E-state index contributed by atoms with van der Waals surface area (Å²) < 4.78 is 0. The second-order valence-electron chi connectivity index (χ2n) is 8.81. The number of aromatic amines is 1. The Morgan fingerprint density at radius 1 is 1.03 bits per heavy atom. The summed E-state index contributed by atoms with van der Waals surface area (Å²) in [5, 5.41) is 14.3. The average Bonchev–Trinajstić information content (AvgIpc) is 3.50. The van der Waals surface area contributed by atoms with Crippen molar-refractivity contribution in [3.63, 3.8) is 0 Å². The quantitative estimate of drug-likeness (QED) is 0.486. The molecule has 1 amide bonds. The Kier molecular flexibility index (Phi) is 4.12. The van der Waals surface area contributed by atoms with Gasteiger partial charge in [0.25, 0.3) is 5.91 Å². The van der Waals surface area contributed by atoms with Crippen molar-refractivity contribution < 1.29 is 4.79 Å². The maximum atomic E-state index is 12.4. The van der Waals surface area contributed by atoms with E-state index < -0.39 is 0 Å². The normalized spacial score (nSPS) is 16.0. The van der Waals surface area contributed by atoms with Gasteiger partial charge in [0.1, 0.15) is 0 Å². The van der Waals surface area contributed by atoms with Crippen LogP contribution in [0.1, 0.15) is 47.2 Å². The molecule has 0 aliphatic heterocycles. The van der Waals surface area contributed by atoms with E-state index in [2.05, 4.69) is 45.8 Å². The number of benzene rings is 3. The minimum atomic E-state index is 0.0383. The molecule has 3 aromatic carbocycles. The number of aromatic nitrogens is 2. The van der Waals surface area contributed by atoms with Crippen LogP contribution in [0, 0.1) is 5.92 Å². The lowest BCUT2D eigenvalue weighted by Crippen LogP contribution is -2.25. The SMILES string of the molecule is O=C(NCC1CC1)c1ccc(-c2cc3ccc4[nH]ncc4c3c3c2CCCC3)cc1. The lowest BCUT2D eigenvalue weighted by Gasteiger charge is -2.23. The number of H-pyrrole nitrogens is 1. The first kappa shape index (κ1) is 17.7. The van der Waals surface area contributed by atoms with Crippen LogP contribution in [0.5, 0.6) is 0 Å². The lowest BCUT2D eigenvalue weighted by atomic mass is 9.81. The number of carbonyl (C=O) groups is 1. The number of carbonyl (C=O) groups excluding carboxylic acids is 1. The van der Waals surface area contributed by atoms with Gasteiger partial charge in [0, 0.05) is 17.5 Å². The van der Waals surface area contributed by atoms with Gasteiger partial charge < -0.3 is 5.32 Å². The zero-order valence-electron chi connectivity index (χ0n) is 17.0. The van der Waals surface area contributed by atoms with E-state index in [1.807, 2.05) is 18.3 Å². The first-order valence-electron chi connectivity index (χ1n) is 11.1. The van der Waals surface area contributed by atoms with Crippen LogP contribution in [0.15, 0.2) is 48.7 Å². The van der Waals surface area contributed by atoms with Crippen molar-refractivity contribution in [2.24, 2.45) is 5.92 Å². The largest absolute Gasteiger partial charge is 0.352 e. The Morgan fingerprint density at radius 3 is 2.63 bits per heavy atom. The molecule has 1 fully saturated rings. The highest BCUT2D eigenvalue weighted by Gasteiger charge is 2.22. The third-order valence-electron chi connectivity index (χ3n) is 6.76. The van der Waals surface area contributed by atoms with E-state index in [0.717, 1.165) is 30.5 Å². The molecule has 1 aromatic heterocycles. The maximum absolute atomic E-state index is 12.4. The van der Waals surface area contributed by atoms with Gasteiger partial charge in [-0.3, -0.25) is 9.89 Å². The molecule has 0 radical (unpaired) electrons. The molecule has 0 unspecified atom stereocenters. The first-order chi connectivity index (χ1) is 14.8. The van der Waals surface area contributed by atoms with Crippen LogP contribution in [-0.4, -0.2) is 22.6 Å². The van der Waals surface area contributed by atoms with Crippen molar-refractivity contribution in [2.75, 3.05) is 6.54 Å². The monoisotopic (exact) mass is 395 g/mol. The summed E-state index contributed by atoms with van der Waals surface area (Å²) in [5.41, 5.74) is 7.30. The van der Waals surface area contributed by atoms with Gasteiger partial charge in [-0.1, -0.05) is 18.2 Å². The predicted octanol–water partition coefficient (Wildman–Crippen LogP) is 5.40. The standard InChI is InChI=1S/C26H25N3O/c30-26(27-14-16-5-6-16)18-9-7-17(8-10-18)22-13-19-11-12-24-23(15-28-29-24)25(19)21-4-2-1-3-20(21)22/h7-13,15-16H,1-6,14H2,(H,27,30)(H,28,29). The summed E-state index contributed by atoms with van der Waals surface area (Å²) in [6, 6.07) is 14.8. The zero-order chi connectivity index (χ0) is 20.1. The third kappa shape index (κ3) is 2.98. The fraction of sp³-hybridized carbons (Fsp3) is 0.308. The van der Waals surface area contributed by atoms with Gasteiger partial charge in [0.05, 0.1) is 11.7 Å². The molecule has 1 saturated carbocycles. The van der Waals surface area contributed by atoms with Gasteiger partial charge in [0.15, 0.2) is 0 Å². The molecule has 0 atom stereocenters. The molecule has 2 N–H and O–H groups in total. The molecule has 30 heavy (non-hydrogen) atoms. The van der Waals surface area contributed by atoms with E-state index in [-0.39, 0.29) is 5.91 Å². The number of amides is 1. The van der Waals surface area contributed by atoms with Gasteiger partial charge in [-0.2, -0.15) is 5.10 Å². The van der Waals surface area contributed by atoms with Gasteiger partial charge >= 0.3 is 0 Å². The minimum absolute atomic E-state index is 0.0383. The van der Waals surface area contributed by atoms with E-state index in [4.69, 9.17) is 0 Å². The minimum Gasteiger partial charge on any atom is -0.352 e. The second kappa shape index (κ2) is 6.98. The molecule has 2 aliphatic rings. The number of nitrogens with zero attached hydrogens (tertiary/aromatic N) is 1. The lowest BCUT2D eigenvalue weighted by molar-refractivity contribution is 0.0952. The van der Waals surface area contributed by atoms with Crippen LogP contribution in [-0.2, 0) is 12.8 Å². The molecule has 0 spiro atoms. The predicted molar refractivity (Wildman–Crippen MR) is 121 cm³/mol. The maximum Gasteiger partial charge on any atom is 0.251 e. The molecule has 4 heteroatoms. The Hall–Kier alpha value is -3.14. The van der Waals surface area contributed by atoms with E-state index in [1.54, 1.807) is 0 Å². The number of hydrogen-bond donors (Lipinski definition) is 2. The Bertz CT molecular complexity index is 1270. The molecule has 4 aromatic rings. The molecule has 2 aliphatic carbocycles. The summed E-state index contributed by atoms with van der Waals surface area (Å²) in [4.78, 5) is 12.4. The molecule has 0 saturated heterocycles. The van der Waals surface area contributed by atoms with Crippen molar-refractivity contribution in [1.82, 2.24) is 15.5 Å². The first-order valence-corrected chi connectivity index (χ1v) is 11.1. The molecule has 4 nitrogen and oxygen atoms in total. The summed E-state index contributed by atoms with van der Waals surface area (Å²) in [6.07, 6.45) is 9.15. The fourth-order valence-corrected chi connectivity index (χ4v) is 4.93. The Balaban J connectivity index is 1.43. The van der Waals surface area contributed by atoms with Crippen LogP contribution in [0.25, 0.3) is 32.8 Å². The number of hydrogen-bond acceptors (Lipinski definition) is 2. The molecule has 1 heterocycles. The van der Waals surface area contributed by atoms with Crippen molar-refractivity contribution in [1.29, 1.82) is 0 Å². The Morgan fingerprint density at radius 2 is 1.83 bits per heavy atom. The fourth-order valence-electron chi connectivity index (χ4n) is 4.93. The average molecular weight is 396 g/mol. The molecular weight excluding hydrogens is 370 g/mol. The van der Waals surface area contributed by atoms with Gasteiger partial charge in [-0.15, -0.1) is 0 Å². The summed E-state index contributed by atoms with van der Waals surface area (Å²) in [6.45, 7) is 0.807. The van der Waals surface area contributed by atoms with Crippen LogP contribution < -0.4 is 5.32 Å². The van der Waals surface area contributed by atoms with Crippen molar-refractivity contribution >= 4 is 27.6 Å². The molecule has 150 valence electrons. The highest BCUT2D eigenvalue weighted by Crippen LogP contribution is 2.39. The molecular formula is C26H25N3O. The highest BCUT2D eigenvalue weighted by atomic mass is 16.1. The number of fused-ring (bicyclic) bond motifs is 5. The van der Waals surface area contributed by atoms with Gasteiger partial charge in [-0.25, -0.2) is 0 Å². The van der Waals surface area contributed by atoms with Gasteiger partial charge in [-0.05, 0) is 102 Å². The highest BCUT2D eigenvalue weighted by molar-refractivity contribution is 6.10. The molecule has 6 rings (SSSR count). The second-order valence-corrected chi connectivity index (χ2v) is 8.81. The van der Waals surface area contributed by atoms with Crippen LogP contribution >= 0.6 is 0 Å². The smallest absolute Gasteiger partial charge is 0.251 e. The van der Waals surface area contributed by atoms with Crippen molar-refractivity contribution in [3.8, 4) is 11.1 Å². The van der Waals surface area contributed by atoms with E-state index in [9.17, 15) is 4.79 Å². The van der Waals surface area contributed by atoms with Crippen molar-refractivity contribution in [2.45, 2.75) is 38.5 Å². The van der Waals surface area contributed by atoms with E-state index in [1.165, 1.54) is 64.1 Å². The number of aryl methyl sites for hydroxylation is 1. The van der Waals surface area contributed by atoms with Crippen LogP contribution in [0.2, 0.25) is 0 Å². The van der Waals surface area contributed by atoms with Gasteiger partial charge in [0.2, 0.25) is 0 Å². The number of rotatable bonds is 4. The van der Waals surface area contributed by atoms with Crippen LogP contribution in [0.3, 0.4) is 0 Å². The number of nitrogens with one attached hydrogen (secondary N) is 2. The van der Waals surface area contributed by atoms with Crippen molar-refractivity contribution in [3.05, 3.63) is 65.4 Å². The topological polar surface area (TPSA) is 57.8 Å². The zero-order valence-corrected chi connectivity index (χ0v) is 17.0. The summed E-state index contributed by atoms with van der Waals surface area (Å²) in [7, 11) is 0. The van der Waals surface area contributed by atoms with E-state index in [0.29, 0.717) is 5.92 Å². The summed E-state index contributed by atoms with van der Waals surface area (Å²) in [5.74, 6) is 0.732. The van der Waals surface area contributed by atoms with Crippen LogP contribution in [0.4, 0.5) is 0 Å². The third-order valence-corrected chi connectivity index (χ3v) is 6.76. The summed E-state index contributed by atoms with van der Waals surface area (Å²) >= 11 is 0. The molecule has 0 bridgehead atoms. The van der Waals surface area contributed by atoms with E-state index >= 15 is 0 Å². The Labute approximate surface area is 175 Å².